The summed E-state index contributed by atoms with van der Waals surface area (Å²) in [6.45, 7) is 4.58. The second-order valence-corrected chi connectivity index (χ2v) is 6.95. The summed E-state index contributed by atoms with van der Waals surface area (Å²) in [5.41, 5.74) is 4.44. The van der Waals surface area contributed by atoms with E-state index < -0.39 is 0 Å². The number of aromatic nitrogens is 4. The molecule has 0 atom stereocenters. The number of imidazole rings is 1. The lowest BCUT2D eigenvalue weighted by molar-refractivity contribution is 0.278. The lowest BCUT2D eigenvalue weighted by Gasteiger charge is -2.11. The Bertz CT molecular complexity index is 1200. The molecule has 2 heterocycles. The largest absolute Gasteiger partial charge is 0.416 e. The zero-order chi connectivity index (χ0) is 20.4. The molecule has 2 N–H and O–H groups in total. The van der Waals surface area contributed by atoms with Gasteiger partial charge in [-0.05, 0) is 50.2 Å². The predicted molar refractivity (Wildman–Crippen MR) is 109 cm³/mol. The van der Waals surface area contributed by atoms with Gasteiger partial charge in [-0.2, -0.15) is 5.26 Å². The Labute approximate surface area is 167 Å². The monoisotopic (exact) mass is 388 g/mol. The number of nitrogens with zero attached hydrogens (tertiary/aromatic N) is 5. The van der Waals surface area contributed by atoms with Crippen LogP contribution in [0.15, 0.2) is 47.1 Å². The van der Waals surface area contributed by atoms with E-state index in [9.17, 15) is 5.26 Å². The van der Waals surface area contributed by atoms with Gasteiger partial charge >= 0.3 is 0 Å². The van der Waals surface area contributed by atoms with E-state index in [1.165, 1.54) is 0 Å². The number of nitriles is 1. The van der Waals surface area contributed by atoms with Crippen LogP contribution in [0.4, 0.5) is 5.69 Å². The third kappa shape index (κ3) is 3.68. The molecule has 29 heavy (non-hydrogen) atoms. The van der Waals surface area contributed by atoms with E-state index in [0.29, 0.717) is 29.5 Å². The molecule has 0 aliphatic carbocycles. The highest BCUT2D eigenvalue weighted by molar-refractivity contribution is 5.80. The first kappa shape index (κ1) is 18.7. The Kier molecular flexibility index (Phi) is 4.97. The highest BCUT2D eigenvalue weighted by atomic mass is 16.4. The standard InChI is InChI=1S/C21H20N6O2/c1-13(2)24-17-5-3-14(9-16(17)11-22)20-25-26-21(29-20)15-4-6-19-18(10-15)23-12-27(19)7-8-28/h3-6,9-10,12-13,24,28H,7-8H2,1-2H3. The first-order valence-electron chi connectivity index (χ1n) is 9.29. The summed E-state index contributed by atoms with van der Waals surface area (Å²) in [5, 5.41) is 30.1. The van der Waals surface area contributed by atoms with Crippen LogP contribution < -0.4 is 5.32 Å². The zero-order valence-electron chi connectivity index (χ0n) is 16.1. The second kappa shape index (κ2) is 7.73. The Morgan fingerprint density at radius 2 is 1.86 bits per heavy atom. The molecule has 2 aromatic heterocycles. The molecule has 0 bridgehead atoms. The third-order valence-corrected chi connectivity index (χ3v) is 4.47. The molecule has 0 saturated heterocycles. The lowest BCUT2D eigenvalue weighted by Crippen LogP contribution is -2.10. The van der Waals surface area contributed by atoms with Crippen molar-refractivity contribution in [2.45, 2.75) is 26.4 Å². The van der Waals surface area contributed by atoms with Gasteiger partial charge in [0, 0.05) is 23.7 Å². The van der Waals surface area contributed by atoms with E-state index in [-0.39, 0.29) is 12.6 Å². The first-order valence-corrected chi connectivity index (χ1v) is 9.29. The van der Waals surface area contributed by atoms with Gasteiger partial charge in [0.1, 0.15) is 6.07 Å². The van der Waals surface area contributed by atoms with Gasteiger partial charge in [-0.1, -0.05) is 0 Å². The molecule has 2 aromatic carbocycles. The van der Waals surface area contributed by atoms with Crippen LogP contribution in [0.25, 0.3) is 33.9 Å². The van der Waals surface area contributed by atoms with Gasteiger partial charge in [-0.15, -0.1) is 10.2 Å². The summed E-state index contributed by atoms with van der Waals surface area (Å²) >= 11 is 0. The number of rotatable bonds is 6. The summed E-state index contributed by atoms with van der Waals surface area (Å²) < 4.78 is 7.74. The Morgan fingerprint density at radius 3 is 2.55 bits per heavy atom. The molecule has 8 nitrogen and oxygen atoms in total. The number of anilines is 1. The van der Waals surface area contributed by atoms with Gasteiger partial charge in [0.25, 0.3) is 0 Å². The van der Waals surface area contributed by atoms with Crippen molar-refractivity contribution in [3.05, 3.63) is 48.3 Å². The van der Waals surface area contributed by atoms with E-state index in [4.69, 9.17) is 9.52 Å². The summed E-state index contributed by atoms with van der Waals surface area (Å²) in [6, 6.07) is 13.5. The lowest BCUT2D eigenvalue weighted by atomic mass is 10.1. The maximum absolute atomic E-state index is 9.45. The van der Waals surface area contributed by atoms with Crippen molar-refractivity contribution in [1.29, 1.82) is 5.26 Å². The maximum Gasteiger partial charge on any atom is 0.248 e. The summed E-state index contributed by atoms with van der Waals surface area (Å²) in [4.78, 5) is 4.36. The highest BCUT2D eigenvalue weighted by Gasteiger charge is 2.14. The molecule has 0 radical (unpaired) electrons. The molecule has 0 spiro atoms. The fraction of sp³-hybridized carbons (Fsp3) is 0.238. The van der Waals surface area contributed by atoms with Crippen LogP contribution in [0, 0.1) is 11.3 Å². The molecule has 146 valence electrons. The SMILES string of the molecule is CC(C)Nc1ccc(-c2nnc(-c3ccc4c(c3)ncn4CCO)o2)cc1C#N. The second-order valence-electron chi connectivity index (χ2n) is 6.95. The van der Waals surface area contributed by atoms with Crippen LogP contribution >= 0.6 is 0 Å². The molecule has 0 saturated carbocycles. The average Bonchev–Trinajstić information content (AvgIpc) is 3.35. The van der Waals surface area contributed by atoms with Gasteiger partial charge in [-0.3, -0.25) is 0 Å². The molecular weight excluding hydrogens is 368 g/mol. The average molecular weight is 388 g/mol. The minimum Gasteiger partial charge on any atom is -0.416 e. The smallest absolute Gasteiger partial charge is 0.248 e. The summed E-state index contributed by atoms with van der Waals surface area (Å²) in [7, 11) is 0. The van der Waals surface area contributed by atoms with Gasteiger partial charge < -0.3 is 19.4 Å². The van der Waals surface area contributed by atoms with E-state index in [1.54, 1.807) is 12.4 Å². The van der Waals surface area contributed by atoms with Crippen molar-refractivity contribution < 1.29 is 9.52 Å². The Morgan fingerprint density at radius 1 is 1.14 bits per heavy atom. The fourth-order valence-corrected chi connectivity index (χ4v) is 3.15. The molecule has 0 unspecified atom stereocenters. The predicted octanol–water partition coefficient (Wildman–Crippen LogP) is 3.44. The highest BCUT2D eigenvalue weighted by Crippen LogP contribution is 2.28. The van der Waals surface area contributed by atoms with Crippen LogP contribution in [0.1, 0.15) is 19.4 Å². The van der Waals surface area contributed by atoms with E-state index >= 15 is 0 Å². The molecule has 8 heteroatoms. The zero-order valence-corrected chi connectivity index (χ0v) is 16.1. The fourth-order valence-electron chi connectivity index (χ4n) is 3.15. The Hall–Kier alpha value is -3.70. The van der Waals surface area contributed by atoms with Crippen LogP contribution in [-0.2, 0) is 6.54 Å². The van der Waals surface area contributed by atoms with E-state index in [0.717, 1.165) is 22.3 Å². The van der Waals surface area contributed by atoms with E-state index in [1.807, 2.05) is 48.7 Å². The van der Waals surface area contributed by atoms with Crippen molar-refractivity contribution in [1.82, 2.24) is 19.7 Å². The number of nitrogens with one attached hydrogen (secondary N) is 1. The minimum atomic E-state index is 0.0520. The normalized spacial score (nSPS) is 11.1. The van der Waals surface area contributed by atoms with Crippen molar-refractivity contribution in [3.63, 3.8) is 0 Å². The molecule has 0 amide bonds. The number of aliphatic hydroxyl groups is 1. The number of fused-ring (bicyclic) bond motifs is 1. The molecule has 0 aliphatic heterocycles. The number of hydrogen-bond donors (Lipinski definition) is 2. The van der Waals surface area contributed by atoms with Crippen LogP contribution in [0.5, 0.6) is 0 Å². The van der Waals surface area contributed by atoms with Gasteiger partial charge in [0.05, 0.1) is 35.2 Å². The minimum absolute atomic E-state index is 0.0520. The van der Waals surface area contributed by atoms with Crippen molar-refractivity contribution in [2.75, 3.05) is 11.9 Å². The number of aliphatic hydroxyl groups excluding tert-OH is 1. The Balaban J connectivity index is 1.65. The molecule has 4 rings (SSSR count). The molecule has 0 aliphatic rings. The van der Waals surface area contributed by atoms with Gasteiger partial charge in [0.15, 0.2) is 0 Å². The quantitative estimate of drug-likeness (QED) is 0.520. The van der Waals surface area contributed by atoms with Gasteiger partial charge in [0.2, 0.25) is 11.8 Å². The van der Waals surface area contributed by atoms with Crippen molar-refractivity contribution in [3.8, 4) is 29.0 Å². The maximum atomic E-state index is 9.45. The topological polar surface area (TPSA) is 113 Å². The number of benzene rings is 2. The molecule has 4 aromatic rings. The summed E-state index contributed by atoms with van der Waals surface area (Å²) in [6.07, 6.45) is 1.69. The van der Waals surface area contributed by atoms with Gasteiger partial charge in [-0.25, -0.2) is 4.98 Å². The molecule has 0 fully saturated rings. The molecular formula is C21H20N6O2. The number of hydrogen-bond acceptors (Lipinski definition) is 7. The summed E-state index contributed by atoms with van der Waals surface area (Å²) in [5.74, 6) is 0.722. The van der Waals surface area contributed by atoms with Crippen molar-refractivity contribution >= 4 is 16.7 Å². The van der Waals surface area contributed by atoms with Crippen molar-refractivity contribution in [2.24, 2.45) is 0 Å². The first-order chi connectivity index (χ1) is 14.1. The van der Waals surface area contributed by atoms with Crippen LogP contribution in [-0.4, -0.2) is 37.5 Å². The van der Waals surface area contributed by atoms with Crippen LogP contribution in [0.2, 0.25) is 0 Å². The van der Waals surface area contributed by atoms with Crippen LogP contribution in [0.3, 0.4) is 0 Å². The van der Waals surface area contributed by atoms with E-state index in [2.05, 4.69) is 26.6 Å². The third-order valence-electron chi connectivity index (χ3n) is 4.47.